The molecule has 0 radical (unpaired) electrons. The Morgan fingerprint density at radius 2 is 1.93 bits per heavy atom. The molecule has 148 valence electrons. The number of imidazole rings is 1. The van der Waals surface area contributed by atoms with Crippen LogP contribution in [0.5, 0.6) is 0 Å². The van der Waals surface area contributed by atoms with Crippen LogP contribution in [0, 0.1) is 29.0 Å². The number of nitriles is 1. The van der Waals surface area contributed by atoms with Gasteiger partial charge in [-0.25, -0.2) is 9.37 Å². The van der Waals surface area contributed by atoms with Crippen molar-refractivity contribution in [2.75, 3.05) is 5.32 Å². The van der Waals surface area contributed by atoms with Crippen molar-refractivity contribution < 1.29 is 4.39 Å². The Balaban J connectivity index is 1.71. The average molecular weight is 415 g/mol. The molecule has 0 spiro atoms. The van der Waals surface area contributed by atoms with Crippen LogP contribution < -0.4 is 5.32 Å². The minimum Gasteiger partial charge on any atom is -0.365 e. The number of nitrogens with zero attached hydrogens (tertiary/aromatic N) is 3. The number of anilines is 1. The van der Waals surface area contributed by atoms with E-state index in [-0.39, 0.29) is 11.1 Å². The number of rotatable bonds is 2. The molecule has 0 saturated heterocycles. The molecule has 30 heavy (non-hydrogen) atoms. The van der Waals surface area contributed by atoms with Crippen LogP contribution in [0.25, 0.3) is 16.2 Å². The molecule has 0 aliphatic carbocycles. The van der Waals surface area contributed by atoms with Gasteiger partial charge in [0, 0.05) is 17.3 Å². The number of nitrogens with one attached hydrogen (secondary N) is 1. The monoisotopic (exact) mass is 414 g/mol. The van der Waals surface area contributed by atoms with Gasteiger partial charge < -0.3 is 5.32 Å². The summed E-state index contributed by atoms with van der Waals surface area (Å²) < 4.78 is 15.5. The predicted octanol–water partition coefficient (Wildman–Crippen LogP) is 5.68. The summed E-state index contributed by atoms with van der Waals surface area (Å²) in [5.74, 6) is 6.52. The predicted molar refractivity (Wildman–Crippen MR) is 119 cm³/mol. The number of halogens is 1. The largest absolute Gasteiger partial charge is 0.365 e. The van der Waals surface area contributed by atoms with Gasteiger partial charge in [0.2, 0.25) is 0 Å². The van der Waals surface area contributed by atoms with Gasteiger partial charge in [0.1, 0.15) is 29.0 Å². The highest BCUT2D eigenvalue weighted by Gasteiger charge is 2.20. The van der Waals surface area contributed by atoms with Crippen molar-refractivity contribution in [3.8, 4) is 28.5 Å². The van der Waals surface area contributed by atoms with Crippen LogP contribution in [0.3, 0.4) is 0 Å². The number of fused-ring (bicyclic) bond motifs is 1. The number of hydrogen-bond acceptors (Lipinski definition) is 4. The lowest BCUT2D eigenvalue weighted by Gasteiger charge is -2.22. The van der Waals surface area contributed by atoms with E-state index in [9.17, 15) is 4.39 Å². The molecule has 1 aromatic carbocycles. The Kier molecular flexibility index (Phi) is 5.03. The Morgan fingerprint density at radius 3 is 2.70 bits per heavy atom. The normalized spacial score (nSPS) is 11.0. The van der Waals surface area contributed by atoms with Gasteiger partial charge in [-0.3, -0.25) is 4.40 Å². The van der Waals surface area contributed by atoms with E-state index in [1.54, 1.807) is 17.4 Å². The highest BCUT2D eigenvalue weighted by Crippen LogP contribution is 2.35. The molecule has 0 atom stereocenters. The summed E-state index contributed by atoms with van der Waals surface area (Å²) in [6.07, 6.45) is 2.00. The standard InChI is InChI=1S/C24H19FN4S/c1-24(2,3)28-23-22(27-21-6-4-5-13-29(21)23)20-12-10-18(30-20)9-7-16-8-11-19(25)17(14-16)15-26/h4-6,8,10-14,28H,1-3H3. The van der Waals surface area contributed by atoms with E-state index in [4.69, 9.17) is 10.2 Å². The summed E-state index contributed by atoms with van der Waals surface area (Å²) >= 11 is 1.55. The van der Waals surface area contributed by atoms with Crippen LogP contribution >= 0.6 is 11.3 Å². The Labute approximate surface area is 178 Å². The van der Waals surface area contributed by atoms with Crippen molar-refractivity contribution in [1.82, 2.24) is 9.38 Å². The molecular weight excluding hydrogens is 395 g/mol. The highest BCUT2D eigenvalue weighted by atomic mass is 32.1. The van der Waals surface area contributed by atoms with Gasteiger partial charge in [-0.15, -0.1) is 11.3 Å². The van der Waals surface area contributed by atoms with Gasteiger partial charge in [-0.2, -0.15) is 5.26 Å². The van der Waals surface area contributed by atoms with Crippen molar-refractivity contribution >= 4 is 22.8 Å². The summed E-state index contributed by atoms with van der Waals surface area (Å²) in [6, 6.07) is 16.0. The van der Waals surface area contributed by atoms with E-state index in [2.05, 4.69) is 37.9 Å². The molecule has 0 aliphatic heterocycles. The van der Waals surface area contributed by atoms with Crippen LogP contribution in [0.2, 0.25) is 0 Å². The third-order valence-corrected chi connectivity index (χ3v) is 5.29. The molecular formula is C24H19FN4S. The Hall–Kier alpha value is -3.61. The van der Waals surface area contributed by atoms with E-state index in [1.807, 2.05) is 47.0 Å². The molecule has 4 aromatic rings. The fraction of sp³-hybridized carbons (Fsp3) is 0.167. The van der Waals surface area contributed by atoms with Crippen LogP contribution in [0.1, 0.15) is 36.8 Å². The van der Waals surface area contributed by atoms with Gasteiger partial charge in [0.15, 0.2) is 0 Å². The van der Waals surface area contributed by atoms with Gasteiger partial charge in [-0.1, -0.05) is 17.9 Å². The second-order valence-corrected chi connectivity index (χ2v) is 8.92. The minimum absolute atomic E-state index is 0.00346. The van der Waals surface area contributed by atoms with Gasteiger partial charge in [0.25, 0.3) is 0 Å². The zero-order valence-corrected chi connectivity index (χ0v) is 17.6. The van der Waals surface area contributed by atoms with Crippen molar-refractivity contribution in [3.63, 3.8) is 0 Å². The molecule has 6 heteroatoms. The number of pyridine rings is 1. The maximum Gasteiger partial charge on any atom is 0.141 e. The van der Waals surface area contributed by atoms with Crippen molar-refractivity contribution in [3.05, 3.63) is 76.5 Å². The SMILES string of the molecule is CC(C)(C)Nc1c(-c2ccc(C#Cc3ccc(F)c(C#N)c3)s2)nc2ccccn12. The second-order valence-electron chi connectivity index (χ2n) is 7.83. The average Bonchev–Trinajstić information content (AvgIpc) is 3.31. The molecule has 3 aromatic heterocycles. The number of aromatic nitrogens is 2. The first-order chi connectivity index (χ1) is 14.3. The minimum atomic E-state index is -0.535. The lowest BCUT2D eigenvalue weighted by atomic mass is 10.1. The topological polar surface area (TPSA) is 53.1 Å². The van der Waals surface area contributed by atoms with Gasteiger partial charge in [0.05, 0.1) is 15.3 Å². The lowest BCUT2D eigenvalue weighted by Crippen LogP contribution is -2.27. The Morgan fingerprint density at radius 1 is 1.10 bits per heavy atom. The molecule has 0 bridgehead atoms. The fourth-order valence-electron chi connectivity index (χ4n) is 3.00. The van der Waals surface area contributed by atoms with E-state index >= 15 is 0 Å². The van der Waals surface area contributed by atoms with Crippen LogP contribution in [0.4, 0.5) is 10.2 Å². The third-order valence-electron chi connectivity index (χ3n) is 4.28. The number of benzene rings is 1. The molecule has 4 rings (SSSR count). The van der Waals surface area contributed by atoms with Crippen molar-refractivity contribution in [2.45, 2.75) is 26.3 Å². The summed E-state index contributed by atoms with van der Waals surface area (Å²) in [5.41, 5.74) is 2.22. The van der Waals surface area contributed by atoms with Crippen LogP contribution in [0.15, 0.2) is 54.7 Å². The second kappa shape index (κ2) is 7.67. The Bertz CT molecular complexity index is 1340. The molecule has 0 aliphatic rings. The summed E-state index contributed by atoms with van der Waals surface area (Å²) in [4.78, 5) is 6.69. The fourth-order valence-corrected chi connectivity index (χ4v) is 3.85. The summed E-state index contributed by atoms with van der Waals surface area (Å²) in [5, 5.41) is 12.5. The van der Waals surface area contributed by atoms with E-state index in [0.717, 1.165) is 26.9 Å². The summed E-state index contributed by atoms with van der Waals surface area (Å²) in [7, 11) is 0. The molecule has 0 fully saturated rings. The maximum absolute atomic E-state index is 13.5. The molecule has 0 amide bonds. The first kappa shape index (κ1) is 19.7. The zero-order chi connectivity index (χ0) is 21.3. The first-order valence-corrected chi connectivity index (χ1v) is 10.2. The van der Waals surface area contributed by atoms with Crippen LogP contribution in [-0.2, 0) is 0 Å². The smallest absolute Gasteiger partial charge is 0.141 e. The van der Waals surface area contributed by atoms with E-state index in [1.165, 1.54) is 12.1 Å². The van der Waals surface area contributed by atoms with Gasteiger partial charge in [-0.05, 0) is 63.2 Å². The van der Waals surface area contributed by atoms with Gasteiger partial charge >= 0.3 is 0 Å². The quantitative estimate of drug-likeness (QED) is 0.429. The highest BCUT2D eigenvalue weighted by molar-refractivity contribution is 7.16. The summed E-state index contributed by atoms with van der Waals surface area (Å²) in [6.45, 7) is 6.34. The van der Waals surface area contributed by atoms with Crippen LogP contribution in [-0.4, -0.2) is 14.9 Å². The lowest BCUT2D eigenvalue weighted by molar-refractivity contribution is 0.624. The third kappa shape index (κ3) is 4.05. The molecule has 0 unspecified atom stereocenters. The zero-order valence-electron chi connectivity index (χ0n) is 16.8. The van der Waals surface area contributed by atoms with Crippen molar-refractivity contribution in [1.29, 1.82) is 5.26 Å². The molecule has 0 saturated carbocycles. The molecule has 1 N–H and O–H groups in total. The molecule has 4 nitrogen and oxygen atoms in total. The number of thiophene rings is 1. The maximum atomic E-state index is 13.5. The van der Waals surface area contributed by atoms with Crippen molar-refractivity contribution in [2.24, 2.45) is 0 Å². The van der Waals surface area contributed by atoms with E-state index in [0.29, 0.717) is 5.56 Å². The van der Waals surface area contributed by atoms with E-state index < -0.39 is 5.82 Å². The number of hydrogen-bond donors (Lipinski definition) is 1. The molecule has 3 heterocycles. The first-order valence-electron chi connectivity index (χ1n) is 9.41.